The van der Waals surface area contributed by atoms with Gasteiger partial charge in [-0.2, -0.15) is 0 Å². The Bertz CT molecular complexity index is 278. The monoisotopic (exact) mass is 337 g/mol. The molecule has 0 amide bonds. The first-order valence-electron chi connectivity index (χ1n) is 10.4. The SMILES string of the molecule is [B]C1CC(NCCCCCCCCCCCCCC)[C@@H](COC)O1. The van der Waals surface area contributed by atoms with Gasteiger partial charge in [-0.15, -0.1) is 0 Å². The number of methoxy groups -OCH3 is 1. The summed E-state index contributed by atoms with van der Waals surface area (Å²) in [6.07, 6.45) is 17.7. The Hall–Kier alpha value is -0.0551. The molecule has 0 saturated carbocycles. The molecule has 0 aromatic heterocycles. The van der Waals surface area contributed by atoms with Gasteiger partial charge in [0.2, 0.25) is 0 Å². The zero-order valence-electron chi connectivity index (χ0n) is 16.2. The van der Waals surface area contributed by atoms with E-state index >= 15 is 0 Å². The van der Waals surface area contributed by atoms with Crippen LogP contribution in [0.3, 0.4) is 0 Å². The highest BCUT2D eigenvalue weighted by atomic mass is 16.5. The van der Waals surface area contributed by atoms with Crippen molar-refractivity contribution in [1.29, 1.82) is 0 Å². The fraction of sp³-hybridized carbons (Fsp3) is 1.00. The zero-order chi connectivity index (χ0) is 17.5. The topological polar surface area (TPSA) is 30.5 Å². The normalized spacial score (nSPS) is 23.8. The minimum atomic E-state index is -0.135. The molecule has 3 atom stereocenters. The molecule has 4 heteroatoms. The molecule has 0 aliphatic carbocycles. The molecule has 1 aliphatic rings. The lowest BCUT2D eigenvalue weighted by Crippen LogP contribution is -2.39. The molecule has 1 saturated heterocycles. The quantitative estimate of drug-likeness (QED) is 0.330. The third kappa shape index (κ3) is 10.7. The van der Waals surface area contributed by atoms with Crippen LogP contribution in [0.4, 0.5) is 0 Å². The van der Waals surface area contributed by atoms with Crippen LogP contribution in [-0.4, -0.2) is 46.3 Å². The molecule has 140 valence electrons. The third-order valence-corrected chi connectivity index (χ3v) is 5.05. The summed E-state index contributed by atoms with van der Waals surface area (Å²) in [5.74, 6) is 0. The fourth-order valence-electron chi connectivity index (χ4n) is 3.56. The van der Waals surface area contributed by atoms with Crippen LogP contribution in [0.5, 0.6) is 0 Å². The molecule has 0 spiro atoms. The van der Waals surface area contributed by atoms with E-state index in [1.165, 1.54) is 77.0 Å². The lowest BCUT2D eigenvalue weighted by atomic mass is 9.95. The van der Waals surface area contributed by atoms with Crippen LogP contribution in [0, 0.1) is 0 Å². The van der Waals surface area contributed by atoms with E-state index in [9.17, 15) is 0 Å². The molecule has 1 rings (SSSR count). The zero-order valence-corrected chi connectivity index (χ0v) is 16.2. The Balaban J connectivity index is 1.83. The second-order valence-corrected chi connectivity index (χ2v) is 7.35. The predicted octanol–water partition coefficient (Wildman–Crippen LogP) is 4.58. The predicted molar refractivity (Wildman–Crippen MR) is 104 cm³/mol. The molecular weight excluding hydrogens is 297 g/mol. The number of hydrogen-bond acceptors (Lipinski definition) is 3. The maximum Gasteiger partial charge on any atom is 0.109 e. The summed E-state index contributed by atoms with van der Waals surface area (Å²) in [4.78, 5) is 0. The van der Waals surface area contributed by atoms with Gasteiger partial charge in [0, 0.05) is 19.2 Å². The van der Waals surface area contributed by atoms with Crippen LogP contribution in [0.1, 0.15) is 90.4 Å². The van der Waals surface area contributed by atoms with Crippen LogP contribution >= 0.6 is 0 Å². The van der Waals surface area contributed by atoms with Gasteiger partial charge in [-0.05, 0) is 19.4 Å². The molecule has 3 nitrogen and oxygen atoms in total. The molecule has 24 heavy (non-hydrogen) atoms. The van der Waals surface area contributed by atoms with Crippen LogP contribution in [0.25, 0.3) is 0 Å². The molecule has 0 bridgehead atoms. The number of nitrogens with one attached hydrogen (secondary N) is 1. The summed E-state index contributed by atoms with van der Waals surface area (Å²) >= 11 is 0. The van der Waals surface area contributed by atoms with Gasteiger partial charge in [-0.3, -0.25) is 0 Å². The highest BCUT2D eigenvalue weighted by Crippen LogP contribution is 2.19. The Kier molecular flexibility index (Phi) is 13.9. The summed E-state index contributed by atoms with van der Waals surface area (Å²) in [5.41, 5.74) is 0. The van der Waals surface area contributed by atoms with Crippen molar-refractivity contribution in [2.45, 2.75) is 109 Å². The Morgan fingerprint density at radius 2 is 1.46 bits per heavy atom. The average molecular weight is 337 g/mol. The number of hydrogen-bond donors (Lipinski definition) is 1. The van der Waals surface area contributed by atoms with Crippen LogP contribution in [-0.2, 0) is 9.47 Å². The van der Waals surface area contributed by atoms with E-state index < -0.39 is 0 Å². The van der Waals surface area contributed by atoms with Crippen molar-refractivity contribution in [2.24, 2.45) is 0 Å². The highest BCUT2D eigenvalue weighted by molar-refractivity contribution is 6.11. The number of unbranched alkanes of at least 4 members (excludes halogenated alkanes) is 11. The Morgan fingerprint density at radius 3 is 2.00 bits per heavy atom. The first-order valence-corrected chi connectivity index (χ1v) is 10.4. The van der Waals surface area contributed by atoms with Crippen molar-refractivity contribution < 1.29 is 9.47 Å². The Morgan fingerprint density at radius 1 is 0.917 bits per heavy atom. The van der Waals surface area contributed by atoms with Gasteiger partial charge >= 0.3 is 0 Å². The van der Waals surface area contributed by atoms with Crippen LogP contribution in [0.2, 0.25) is 0 Å². The molecule has 0 aromatic rings. The summed E-state index contributed by atoms with van der Waals surface area (Å²) < 4.78 is 10.9. The van der Waals surface area contributed by atoms with E-state index in [1.54, 1.807) is 7.11 Å². The second kappa shape index (κ2) is 15.2. The first kappa shape index (κ1) is 22.0. The standard InChI is InChI=1S/C20H40BNO2/c1-3-4-5-6-7-8-9-10-11-12-13-14-15-22-18-16-20(21)24-19(18)17-23-2/h18-20,22H,3-17H2,1-2H3/t18?,19-,20?/m1/s1. The van der Waals surface area contributed by atoms with Crippen molar-refractivity contribution in [2.75, 3.05) is 20.3 Å². The van der Waals surface area contributed by atoms with Crippen molar-refractivity contribution in [1.82, 2.24) is 5.32 Å². The van der Waals surface area contributed by atoms with Crippen molar-refractivity contribution in [3.05, 3.63) is 0 Å². The minimum Gasteiger partial charge on any atom is -0.382 e. The van der Waals surface area contributed by atoms with Gasteiger partial charge in [0.25, 0.3) is 0 Å². The van der Waals surface area contributed by atoms with Crippen molar-refractivity contribution in [3.63, 3.8) is 0 Å². The second-order valence-electron chi connectivity index (χ2n) is 7.35. The molecular formula is C20H40BNO2. The molecule has 1 N–H and O–H groups in total. The average Bonchev–Trinajstić information content (AvgIpc) is 2.92. The minimum absolute atomic E-state index is 0.113. The Labute approximate surface area is 152 Å². The van der Waals surface area contributed by atoms with Crippen LogP contribution in [0.15, 0.2) is 0 Å². The number of rotatable bonds is 16. The van der Waals surface area contributed by atoms with Crippen molar-refractivity contribution >= 4 is 7.85 Å². The molecule has 1 aliphatic heterocycles. The van der Waals surface area contributed by atoms with Gasteiger partial charge in [-0.25, -0.2) is 0 Å². The number of ether oxygens (including phenoxy) is 2. The fourth-order valence-corrected chi connectivity index (χ4v) is 3.56. The van der Waals surface area contributed by atoms with E-state index in [2.05, 4.69) is 12.2 Å². The molecule has 1 heterocycles. The largest absolute Gasteiger partial charge is 0.382 e. The third-order valence-electron chi connectivity index (χ3n) is 5.05. The van der Waals surface area contributed by atoms with E-state index in [0.29, 0.717) is 12.6 Å². The van der Waals surface area contributed by atoms with E-state index in [1.807, 2.05) is 0 Å². The molecule has 1 fully saturated rings. The molecule has 0 aromatic carbocycles. The van der Waals surface area contributed by atoms with E-state index in [-0.39, 0.29) is 12.1 Å². The van der Waals surface area contributed by atoms with Gasteiger partial charge < -0.3 is 14.8 Å². The summed E-state index contributed by atoms with van der Waals surface area (Å²) in [6, 6.07) is 0.220. The van der Waals surface area contributed by atoms with Gasteiger partial charge in [0.1, 0.15) is 7.85 Å². The highest BCUT2D eigenvalue weighted by Gasteiger charge is 2.31. The molecule has 2 radical (unpaired) electrons. The smallest absolute Gasteiger partial charge is 0.109 e. The lowest BCUT2D eigenvalue weighted by molar-refractivity contribution is 0.0161. The van der Waals surface area contributed by atoms with Gasteiger partial charge in [0.15, 0.2) is 0 Å². The maximum atomic E-state index is 5.87. The first-order chi connectivity index (χ1) is 11.8. The van der Waals surface area contributed by atoms with E-state index in [4.69, 9.17) is 17.3 Å². The molecule has 2 unspecified atom stereocenters. The van der Waals surface area contributed by atoms with Gasteiger partial charge in [0.05, 0.1) is 12.7 Å². The van der Waals surface area contributed by atoms with Crippen molar-refractivity contribution in [3.8, 4) is 0 Å². The summed E-state index contributed by atoms with van der Waals surface area (Å²) in [6.45, 7) is 3.98. The van der Waals surface area contributed by atoms with E-state index in [0.717, 1.165) is 13.0 Å². The maximum absolute atomic E-state index is 5.87. The summed E-state index contributed by atoms with van der Waals surface area (Å²) in [5, 5.41) is 3.60. The summed E-state index contributed by atoms with van der Waals surface area (Å²) in [7, 11) is 7.59. The lowest BCUT2D eigenvalue weighted by Gasteiger charge is -2.19. The van der Waals surface area contributed by atoms with Crippen LogP contribution < -0.4 is 5.32 Å². The van der Waals surface area contributed by atoms with Gasteiger partial charge in [-0.1, -0.05) is 77.6 Å².